The summed E-state index contributed by atoms with van der Waals surface area (Å²) in [6.07, 6.45) is 0. The number of amides is 1. The van der Waals surface area contributed by atoms with Gasteiger partial charge < -0.3 is 5.32 Å². The summed E-state index contributed by atoms with van der Waals surface area (Å²) in [5.74, 6) is -3.10. The number of benzene rings is 2. The summed E-state index contributed by atoms with van der Waals surface area (Å²) >= 11 is 0. The molecule has 0 radical (unpaired) electrons. The number of carbonyl (C=O) groups excluding carboxylic acids is 1. The number of hydrogen-bond donors (Lipinski definition) is 1. The predicted octanol–water partition coefficient (Wildman–Crippen LogP) is 3.51. The molecular weight excluding hydrogens is 357 g/mol. The standard InChI is InChI=1S/C14H8F5NO3S/c15-10-2-1-3-11(16)12(10)20-13(21)8-4-6-9(7-5-8)24(22,23)14(17,18)19/h1-7H,(H,20,21). The lowest BCUT2D eigenvalue weighted by atomic mass is 10.2. The third-order valence-electron chi connectivity index (χ3n) is 2.93. The zero-order valence-corrected chi connectivity index (χ0v) is 12.4. The highest BCUT2D eigenvalue weighted by Crippen LogP contribution is 2.30. The van der Waals surface area contributed by atoms with Crippen molar-refractivity contribution in [1.82, 2.24) is 0 Å². The van der Waals surface area contributed by atoms with Gasteiger partial charge in [-0.25, -0.2) is 17.2 Å². The second kappa shape index (κ2) is 6.19. The van der Waals surface area contributed by atoms with Crippen LogP contribution in [0.2, 0.25) is 0 Å². The van der Waals surface area contributed by atoms with E-state index in [0.717, 1.165) is 30.3 Å². The van der Waals surface area contributed by atoms with E-state index in [9.17, 15) is 35.2 Å². The van der Waals surface area contributed by atoms with Crippen LogP contribution in [0.4, 0.5) is 27.6 Å². The molecule has 24 heavy (non-hydrogen) atoms. The first-order chi connectivity index (χ1) is 11.0. The Morgan fingerprint density at radius 1 is 0.917 bits per heavy atom. The van der Waals surface area contributed by atoms with E-state index in [1.807, 2.05) is 5.32 Å². The Labute approximate surface area is 132 Å². The molecule has 2 aromatic rings. The highest BCUT2D eigenvalue weighted by molar-refractivity contribution is 7.92. The van der Waals surface area contributed by atoms with Crippen LogP contribution in [0.15, 0.2) is 47.4 Å². The van der Waals surface area contributed by atoms with Crippen molar-refractivity contribution in [1.29, 1.82) is 0 Å². The van der Waals surface area contributed by atoms with E-state index in [0.29, 0.717) is 12.1 Å². The number of alkyl halides is 3. The Hall–Kier alpha value is -2.49. The van der Waals surface area contributed by atoms with E-state index in [1.165, 1.54) is 0 Å². The second-order valence-corrected chi connectivity index (χ2v) is 6.47. The van der Waals surface area contributed by atoms with Gasteiger partial charge in [0.1, 0.15) is 17.3 Å². The summed E-state index contributed by atoms with van der Waals surface area (Å²) in [6.45, 7) is 0. The summed E-state index contributed by atoms with van der Waals surface area (Å²) in [7, 11) is -5.54. The van der Waals surface area contributed by atoms with Gasteiger partial charge >= 0.3 is 5.51 Å². The van der Waals surface area contributed by atoms with Crippen LogP contribution in [0.3, 0.4) is 0 Å². The van der Waals surface area contributed by atoms with Crippen LogP contribution >= 0.6 is 0 Å². The number of halogens is 5. The number of carbonyl (C=O) groups is 1. The molecule has 0 fully saturated rings. The highest BCUT2D eigenvalue weighted by Gasteiger charge is 2.46. The monoisotopic (exact) mass is 365 g/mol. The summed E-state index contributed by atoms with van der Waals surface area (Å²) in [5.41, 5.74) is -6.49. The van der Waals surface area contributed by atoms with Crippen LogP contribution in [0.5, 0.6) is 0 Å². The number of hydrogen-bond acceptors (Lipinski definition) is 3. The van der Waals surface area contributed by atoms with Gasteiger partial charge in [0.05, 0.1) is 4.90 Å². The molecule has 1 amide bonds. The lowest BCUT2D eigenvalue weighted by Crippen LogP contribution is -2.23. The third-order valence-corrected chi connectivity index (χ3v) is 4.43. The number of sulfone groups is 1. The molecule has 2 aromatic carbocycles. The fourth-order valence-corrected chi connectivity index (χ4v) is 2.48. The fraction of sp³-hybridized carbons (Fsp3) is 0.0714. The van der Waals surface area contributed by atoms with Gasteiger partial charge in [0.2, 0.25) is 0 Å². The number of rotatable bonds is 3. The maximum atomic E-state index is 13.4. The first-order valence-corrected chi connectivity index (χ1v) is 7.69. The molecule has 0 bridgehead atoms. The minimum Gasteiger partial charge on any atom is -0.317 e. The molecule has 0 saturated carbocycles. The van der Waals surface area contributed by atoms with Crippen LogP contribution in [-0.4, -0.2) is 19.8 Å². The van der Waals surface area contributed by atoms with Crippen LogP contribution in [0.25, 0.3) is 0 Å². The van der Waals surface area contributed by atoms with E-state index < -0.39 is 43.5 Å². The van der Waals surface area contributed by atoms with E-state index in [-0.39, 0.29) is 5.56 Å². The summed E-state index contributed by atoms with van der Waals surface area (Å²) < 4.78 is 86.4. The minimum atomic E-state index is -5.54. The average molecular weight is 365 g/mol. The van der Waals surface area contributed by atoms with Gasteiger partial charge in [-0.2, -0.15) is 13.2 Å². The zero-order chi connectivity index (χ0) is 18.1. The van der Waals surface area contributed by atoms with Crippen molar-refractivity contribution in [3.8, 4) is 0 Å². The lowest BCUT2D eigenvalue weighted by Gasteiger charge is -2.10. The SMILES string of the molecule is O=C(Nc1c(F)cccc1F)c1ccc(S(=O)(=O)C(F)(F)F)cc1. The maximum Gasteiger partial charge on any atom is 0.501 e. The Balaban J connectivity index is 2.27. The fourth-order valence-electron chi connectivity index (χ4n) is 1.72. The van der Waals surface area contributed by atoms with Gasteiger partial charge in [0, 0.05) is 5.56 Å². The molecule has 4 nitrogen and oxygen atoms in total. The van der Waals surface area contributed by atoms with Crippen molar-refractivity contribution in [3.63, 3.8) is 0 Å². The molecule has 0 atom stereocenters. The average Bonchev–Trinajstić information content (AvgIpc) is 2.50. The Bertz CT molecular complexity index is 856. The van der Waals surface area contributed by atoms with Crippen molar-refractivity contribution >= 4 is 21.4 Å². The molecular formula is C14H8F5NO3S. The van der Waals surface area contributed by atoms with Crippen molar-refractivity contribution in [3.05, 3.63) is 59.7 Å². The topological polar surface area (TPSA) is 63.2 Å². The van der Waals surface area contributed by atoms with E-state index in [2.05, 4.69) is 0 Å². The van der Waals surface area contributed by atoms with Crippen molar-refractivity contribution in [2.75, 3.05) is 5.32 Å². The van der Waals surface area contributed by atoms with Gasteiger partial charge in [-0.05, 0) is 36.4 Å². The Kier molecular flexibility index (Phi) is 4.61. The van der Waals surface area contributed by atoms with E-state index in [1.54, 1.807) is 0 Å². The Morgan fingerprint density at radius 3 is 1.88 bits per heavy atom. The van der Waals surface area contributed by atoms with Crippen LogP contribution in [0, 0.1) is 11.6 Å². The lowest BCUT2D eigenvalue weighted by molar-refractivity contribution is -0.0436. The zero-order valence-electron chi connectivity index (χ0n) is 11.6. The third kappa shape index (κ3) is 3.37. The summed E-state index contributed by atoms with van der Waals surface area (Å²) in [5, 5.41) is 1.92. The van der Waals surface area contributed by atoms with Gasteiger partial charge in [-0.1, -0.05) is 6.07 Å². The largest absolute Gasteiger partial charge is 0.501 e. The molecule has 0 aliphatic carbocycles. The number of anilines is 1. The Morgan fingerprint density at radius 2 is 1.42 bits per heavy atom. The quantitative estimate of drug-likeness (QED) is 0.847. The highest BCUT2D eigenvalue weighted by atomic mass is 32.2. The maximum absolute atomic E-state index is 13.4. The molecule has 2 rings (SSSR count). The number of nitrogens with one attached hydrogen (secondary N) is 1. The molecule has 0 heterocycles. The molecule has 0 saturated heterocycles. The number of para-hydroxylation sites is 1. The first-order valence-electron chi connectivity index (χ1n) is 6.21. The van der Waals surface area contributed by atoms with Crippen molar-refractivity contribution in [2.45, 2.75) is 10.4 Å². The molecule has 1 N–H and O–H groups in total. The summed E-state index contributed by atoms with van der Waals surface area (Å²) in [4.78, 5) is 10.8. The normalized spacial score (nSPS) is 12.0. The van der Waals surface area contributed by atoms with Crippen molar-refractivity contribution in [2.24, 2.45) is 0 Å². The second-order valence-electron chi connectivity index (χ2n) is 4.52. The molecule has 128 valence electrons. The van der Waals surface area contributed by atoms with Crippen LogP contribution < -0.4 is 5.32 Å². The van der Waals surface area contributed by atoms with Crippen molar-refractivity contribution < 1.29 is 35.2 Å². The molecule has 10 heteroatoms. The van der Waals surface area contributed by atoms with E-state index >= 15 is 0 Å². The van der Waals surface area contributed by atoms with Crippen LogP contribution in [-0.2, 0) is 9.84 Å². The minimum absolute atomic E-state index is 0.279. The first kappa shape index (κ1) is 17.9. The van der Waals surface area contributed by atoms with E-state index in [4.69, 9.17) is 0 Å². The van der Waals surface area contributed by atoms with Gasteiger partial charge in [-0.3, -0.25) is 4.79 Å². The molecule has 0 spiro atoms. The molecule has 0 unspecified atom stereocenters. The summed E-state index contributed by atoms with van der Waals surface area (Å²) in [6, 6.07) is 5.64. The van der Waals surface area contributed by atoms with Gasteiger partial charge in [-0.15, -0.1) is 0 Å². The smallest absolute Gasteiger partial charge is 0.317 e. The molecule has 0 aliphatic heterocycles. The van der Waals surface area contributed by atoms with Crippen LogP contribution in [0.1, 0.15) is 10.4 Å². The molecule has 0 aliphatic rings. The van der Waals surface area contributed by atoms with Gasteiger partial charge in [0.25, 0.3) is 15.7 Å². The van der Waals surface area contributed by atoms with Gasteiger partial charge in [0.15, 0.2) is 0 Å². The predicted molar refractivity (Wildman–Crippen MR) is 74.0 cm³/mol. The molecule has 0 aromatic heterocycles.